The van der Waals surface area contributed by atoms with Crippen LogP contribution in [0.25, 0.3) is 0 Å². The first-order valence-electron chi connectivity index (χ1n) is 5.04. The molecule has 3 atom stereocenters. The summed E-state index contributed by atoms with van der Waals surface area (Å²) in [5, 5.41) is 0. The van der Waals surface area contributed by atoms with Crippen molar-refractivity contribution in [3.63, 3.8) is 0 Å². The number of allylic oxidation sites excluding steroid dienone is 1. The third-order valence-electron chi connectivity index (χ3n) is 2.56. The molecule has 0 saturated heterocycles. The van der Waals surface area contributed by atoms with Crippen molar-refractivity contribution in [3.8, 4) is 0 Å². The summed E-state index contributed by atoms with van der Waals surface area (Å²) in [6.45, 7) is 1.44. The maximum atomic E-state index is 10.7. The van der Waals surface area contributed by atoms with Gasteiger partial charge < -0.3 is 4.74 Å². The highest BCUT2D eigenvalue weighted by Crippen LogP contribution is 2.40. The van der Waals surface area contributed by atoms with Crippen LogP contribution in [-0.2, 0) is 9.53 Å². The highest BCUT2D eigenvalue weighted by atomic mass is 16.5. The Labute approximate surface area is 74.0 Å². The van der Waals surface area contributed by atoms with E-state index in [0.29, 0.717) is 5.92 Å². The van der Waals surface area contributed by atoms with Gasteiger partial charge in [0, 0.05) is 8.29 Å². The second kappa shape index (κ2) is 2.92. The molecule has 2 nitrogen and oxygen atoms in total. The third kappa shape index (κ3) is 1.38. The first-order chi connectivity index (χ1) is 6.16. The second-order valence-corrected chi connectivity index (χ2v) is 3.51. The van der Waals surface area contributed by atoms with E-state index in [2.05, 4.69) is 0 Å². The molecule has 0 heterocycles. The van der Waals surface area contributed by atoms with Gasteiger partial charge in [-0.15, -0.1) is 0 Å². The van der Waals surface area contributed by atoms with Gasteiger partial charge in [-0.3, -0.25) is 4.79 Å². The van der Waals surface area contributed by atoms with E-state index in [1.165, 1.54) is 12.5 Å². The topological polar surface area (TPSA) is 26.3 Å². The maximum absolute atomic E-state index is 10.7. The Morgan fingerprint density at radius 1 is 1.83 bits per heavy atom. The van der Waals surface area contributed by atoms with Crippen molar-refractivity contribution in [2.24, 2.45) is 5.92 Å². The Hall–Kier alpha value is -0.790. The number of carbonyl (C=O) groups excluding carboxylic acids is 1. The zero-order valence-corrected chi connectivity index (χ0v) is 7.25. The summed E-state index contributed by atoms with van der Waals surface area (Å²) in [4.78, 5) is 10.7. The number of carbonyl (C=O) groups is 1. The lowest BCUT2D eigenvalue weighted by Crippen LogP contribution is -2.12. The maximum Gasteiger partial charge on any atom is 0.303 e. The molecular weight excluding hydrogens is 152 g/mol. The van der Waals surface area contributed by atoms with Gasteiger partial charge in [-0.05, 0) is 37.7 Å². The van der Waals surface area contributed by atoms with E-state index in [-0.39, 0.29) is 18.5 Å². The molecule has 0 amide bonds. The molecule has 0 unspecified atom stereocenters. The van der Waals surface area contributed by atoms with Crippen LogP contribution in [0, 0.1) is 5.92 Å². The molecule has 0 bridgehead atoms. The van der Waals surface area contributed by atoms with Crippen LogP contribution in [0.2, 0.25) is 0 Å². The smallest absolute Gasteiger partial charge is 0.303 e. The van der Waals surface area contributed by atoms with Crippen molar-refractivity contribution in [3.05, 3.63) is 11.6 Å². The monoisotopic (exact) mass is 168 g/mol. The summed E-state index contributed by atoms with van der Waals surface area (Å²) < 4.78 is 12.8. The van der Waals surface area contributed by atoms with Crippen molar-refractivity contribution >= 4 is 5.97 Å². The lowest BCUT2D eigenvalue weighted by Gasteiger charge is -2.09. The molecule has 2 aliphatic carbocycles. The molecule has 2 heteroatoms. The number of ether oxygens (including phenoxy) is 1. The first kappa shape index (κ1) is 6.70. The average Bonchev–Trinajstić information content (AvgIpc) is 2.53. The zero-order chi connectivity index (χ0) is 9.42. The van der Waals surface area contributed by atoms with Crippen molar-refractivity contribution in [2.75, 3.05) is 0 Å². The van der Waals surface area contributed by atoms with E-state index in [1.54, 1.807) is 0 Å². The Kier molecular flexibility index (Phi) is 1.63. The van der Waals surface area contributed by atoms with Crippen LogP contribution in [0.15, 0.2) is 11.6 Å². The number of hydrogen-bond donors (Lipinski definition) is 0. The van der Waals surface area contributed by atoms with Crippen LogP contribution in [-0.4, -0.2) is 12.1 Å². The molecule has 2 aliphatic rings. The molecule has 2 rings (SSSR count). The van der Waals surface area contributed by atoms with Crippen LogP contribution in [0.3, 0.4) is 0 Å². The Morgan fingerprint density at radius 2 is 2.67 bits per heavy atom. The van der Waals surface area contributed by atoms with Crippen LogP contribution in [0.4, 0.5) is 0 Å². The molecule has 0 aromatic rings. The Morgan fingerprint density at radius 3 is 3.33 bits per heavy atom. The van der Waals surface area contributed by atoms with Crippen molar-refractivity contribution in [1.29, 1.82) is 0 Å². The molecule has 1 fully saturated rings. The molecule has 0 radical (unpaired) electrons. The second-order valence-electron chi connectivity index (χ2n) is 3.51. The summed E-state index contributed by atoms with van der Waals surface area (Å²) in [5.74, 6) is 0.146. The molecule has 66 valence electrons. The van der Waals surface area contributed by atoms with Gasteiger partial charge in [-0.25, -0.2) is 0 Å². The molecule has 0 aliphatic heterocycles. The quantitative estimate of drug-likeness (QED) is 0.442. The fourth-order valence-electron chi connectivity index (χ4n) is 2.09. The standard InChI is InChI=1S/C10H14O2/c1-7(11)12-10-5-8-3-2-4-9(8)6-10/h5,9-10H,2-4,6H2,1H3/t9-,10-/m0/s1/i4T/t4-,9-,10-. The molecule has 0 N–H and O–H groups in total. The van der Waals surface area contributed by atoms with Gasteiger partial charge in [0.05, 0.1) is 0 Å². The van der Waals surface area contributed by atoms with Crippen molar-refractivity contribution in [2.45, 2.75) is 38.7 Å². The van der Waals surface area contributed by atoms with Gasteiger partial charge in [0.1, 0.15) is 6.10 Å². The van der Waals surface area contributed by atoms with E-state index in [0.717, 1.165) is 19.3 Å². The Balaban J connectivity index is 2.01. The van der Waals surface area contributed by atoms with Gasteiger partial charge in [-0.2, -0.15) is 0 Å². The van der Waals surface area contributed by atoms with Crippen molar-refractivity contribution < 1.29 is 10.9 Å². The summed E-state index contributed by atoms with van der Waals surface area (Å²) in [6, 6.07) is 0. The predicted molar refractivity (Wildman–Crippen MR) is 45.6 cm³/mol. The minimum Gasteiger partial charge on any atom is -0.458 e. The highest BCUT2D eigenvalue weighted by Gasteiger charge is 2.30. The summed E-state index contributed by atoms with van der Waals surface area (Å²) in [5.41, 5.74) is 1.34. The van der Waals surface area contributed by atoms with E-state index < -0.39 is 0 Å². The summed E-state index contributed by atoms with van der Waals surface area (Å²) in [7, 11) is 0. The first-order valence-corrected chi connectivity index (χ1v) is 4.47. The zero-order valence-electron chi connectivity index (χ0n) is 8.25. The number of esters is 1. The van der Waals surface area contributed by atoms with Gasteiger partial charge in [0.15, 0.2) is 0 Å². The lowest BCUT2D eigenvalue weighted by molar-refractivity contribution is -0.144. The molecule has 1 saturated carbocycles. The van der Waals surface area contributed by atoms with E-state index in [4.69, 9.17) is 6.11 Å². The van der Waals surface area contributed by atoms with Gasteiger partial charge in [0.25, 0.3) is 0 Å². The summed E-state index contributed by atoms with van der Waals surface area (Å²) in [6.07, 6.45) is 4.86. The number of fused-ring (bicyclic) bond motifs is 1. The molecule has 0 aromatic heterocycles. The number of hydrogen-bond acceptors (Lipinski definition) is 2. The van der Waals surface area contributed by atoms with Crippen LogP contribution < -0.4 is 0 Å². The fraction of sp³-hybridized carbons (Fsp3) is 0.700. The van der Waals surface area contributed by atoms with Gasteiger partial charge >= 0.3 is 5.97 Å². The molecule has 0 spiro atoms. The highest BCUT2D eigenvalue weighted by molar-refractivity contribution is 5.66. The van der Waals surface area contributed by atoms with Crippen LogP contribution >= 0.6 is 0 Å². The van der Waals surface area contributed by atoms with E-state index in [1.807, 2.05) is 6.08 Å². The minimum absolute atomic E-state index is 0.0341. The molecule has 12 heavy (non-hydrogen) atoms. The number of rotatable bonds is 1. The van der Waals surface area contributed by atoms with Gasteiger partial charge in [-0.1, -0.05) is 5.57 Å². The fourth-order valence-corrected chi connectivity index (χ4v) is 2.09. The van der Waals surface area contributed by atoms with Gasteiger partial charge in [0.2, 0.25) is 0 Å². The lowest BCUT2D eigenvalue weighted by atomic mass is 10.1. The van der Waals surface area contributed by atoms with Crippen LogP contribution in [0.1, 0.15) is 34.0 Å². The van der Waals surface area contributed by atoms with E-state index >= 15 is 0 Å². The van der Waals surface area contributed by atoms with Crippen molar-refractivity contribution in [1.82, 2.24) is 0 Å². The van der Waals surface area contributed by atoms with Crippen LogP contribution in [0.5, 0.6) is 0 Å². The normalized spacial score (nSPS) is 40.2. The predicted octanol–water partition coefficient (Wildman–Crippen LogP) is 2.05. The largest absolute Gasteiger partial charge is 0.458 e. The third-order valence-corrected chi connectivity index (χ3v) is 2.56. The Bertz CT molecular complexity index is 260. The average molecular weight is 168 g/mol. The summed E-state index contributed by atoms with van der Waals surface area (Å²) >= 11 is 0. The molecule has 0 aromatic carbocycles. The molecular formula is C10H14O2. The minimum atomic E-state index is -0.219. The SMILES string of the molecule is [3H][C@H]1CCC2=C[C@H](OC(C)=O)C[C@@H]21. The van der Waals surface area contributed by atoms with E-state index in [9.17, 15) is 4.79 Å².